The Labute approximate surface area is 121 Å². The number of benzene rings is 1. The molecule has 0 bridgehead atoms. The molecule has 1 N–H and O–H groups in total. The molecular weight excluding hydrogens is 246 g/mol. The van der Waals surface area contributed by atoms with E-state index in [1.807, 2.05) is 13.8 Å². The molecule has 0 spiro atoms. The molecule has 20 heavy (non-hydrogen) atoms. The van der Waals surface area contributed by atoms with Crippen LogP contribution in [0.1, 0.15) is 46.6 Å². The molecular formula is C17H23N3. The van der Waals surface area contributed by atoms with Crippen molar-refractivity contribution in [2.45, 2.75) is 40.7 Å². The van der Waals surface area contributed by atoms with Gasteiger partial charge in [0.15, 0.2) is 0 Å². The van der Waals surface area contributed by atoms with Gasteiger partial charge in [0.05, 0.1) is 17.4 Å². The van der Waals surface area contributed by atoms with E-state index in [1.165, 1.54) is 22.3 Å². The maximum Gasteiger partial charge on any atom is 0.0651 e. The van der Waals surface area contributed by atoms with Gasteiger partial charge in [0.2, 0.25) is 0 Å². The van der Waals surface area contributed by atoms with Gasteiger partial charge in [0.25, 0.3) is 0 Å². The summed E-state index contributed by atoms with van der Waals surface area (Å²) in [4.78, 5) is 0. The average molecular weight is 269 g/mol. The zero-order valence-corrected chi connectivity index (χ0v) is 13.0. The fraction of sp³-hybridized carbons (Fsp3) is 0.412. The Morgan fingerprint density at radius 1 is 1.00 bits per heavy atom. The second-order valence-electron chi connectivity index (χ2n) is 5.38. The van der Waals surface area contributed by atoms with Gasteiger partial charge in [-0.3, -0.25) is 0 Å². The van der Waals surface area contributed by atoms with E-state index >= 15 is 0 Å². The second-order valence-corrected chi connectivity index (χ2v) is 5.38. The number of hydrogen-bond donors (Lipinski definition) is 1. The van der Waals surface area contributed by atoms with Crippen LogP contribution in [-0.2, 0) is 0 Å². The van der Waals surface area contributed by atoms with Crippen LogP contribution in [0, 0.1) is 27.7 Å². The summed E-state index contributed by atoms with van der Waals surface area (Å²) in [5.41, 5.74) is 7.07. The Balaban J connectivity index is 2.55. The first-order valence-electron chi connectivity index (χ1n) is 7.14. The largest absolute Gasteiger partial charge is 0.306 e. The zero-order valence-electron chi connectivity index (χ0n) is 13.0. The smallest absolute Gasteiger partial charge is 0.0651 e. The van der Waals surface area contributed by atoms with Crippen LogP contribution in [0.4, 0.5) is 0 Å². The quantitative estimate of drug-likeness (QED) is 0.924. The first-order chi connectivity index (χ1) is 9.52. The molecule has 1 heterocycles. The van der Waals surface area contributed by atoms with Crippen molar-refractivity contribution < 1.29 is 0 Å². The SMILES string of the molecule is CCNC(c1cc(C)ccc1C)c1cc(C)nnc1C. The summed E-state index contributed by atoms with van der Waals surface area (Å²) >= 11 is 0. The molecule has 3 nitrogen and oxygen atoms in total. The molecule has 1 unspecified atom stereocenters. The van der Waals surface area contributed by atoms with Crippen molar-refractivity contribution in [3.63, 3.8) is 0 Å². The molecule has 2 rings (SSSR count). The van der Waals surface area contributed by atoms with Crippen molar-refractivity contribution in [1.29, 1.82) is 0 Å². The van der Waals surface area contributed by atoms with E-state index in [0.717, 1.165) is 17.9 Å². The molecule has 0 aliphatic carbocycles. The fourth-order valence-electron chi connectivity index (χ4n) is 2.52. The van der Waals surface area contributed by atoms with Crippen LogP contribution in [-0.4, -0.2) is 16.7 Å². The van der Waals surface area contributed by atoms with Gasteiger partial charge < -0.3 is 5.32 Å². The van der Waals surface area contributed by atoms with Crippen LogP contribution in [0.15, 0.2) is 24.3 Å². The molecule has 1 aromatic heterocycles. The second kappa shape index (κ2) is 6.14. The van der Waals surface area contributed by atoms with Crippen molar-refractivity contribution in [1.82, 2.24) is 15.5 Å². The highest BCUT2D eigenvalue weighted by molar-refractivity contribution is 5.40. The molecule has 106 valence electrons. The van der Waals surface area contributed by atoms with Gasteiger partial charge in [-0.2, -0.15) is 10.2 Å². The molecule has 2 aromatic rings. The molecule has 0 amide bonds. The number of rotatable bonds is 4. The van der Waals surface area contributed by atoms with E-state index in [-0.39, 0.29) is 6.04 Å². The Hall–Kier alpha value is -1.74. The molecule has 0 radical (unpaired) electrons. The zero-order chi connectivity index (χ0) is 14.7. The molecule has 0 fully saturated rings. The van der Waals surface area contributed by atoms with Crippen LogP contribution < -0.4 is 5.32 Å². The third-order valence-corrected chi connectivity index (χ3v) is 3.60. The molecule has 0 saturated heterocycles. The maximum absolute atomic E-state index is 4.27. The summed E-state index contributed by atoms with van der Waals surface area (Å²) in [6, 6.07) is 8.92. The fourth-order valence-corrected chi connectivity index (χ4v) is 2.52. The minimum Gasteiger partial charge on any atom is -0.306 e. The number of nitrogens with zero attached hydrogens (tertiary/aromatic N) is 2. The lowest BCUT2D eigenvalue weighted by Crippen LogP contribution is -2.24. The van der Waals surface area contributed by atoms with Crippen LogP contribution in [0.2, 0.25) is 0 Å². The summed E-state index contributed by atoms with van der Waals surface area (Å²) in [5, 5.41) is 12.0. The Bertz CT molecular complexity index is 554. The Morgan fingerprint density at radius 3 is 2.45 bits per heavy atom. The van der Waals surface area contributed by atoms with Crippen LogP contribution in [0.5, 0.6) is 0 Å². The lowest BCUT2D eigenvalue weighted by atomic mass is 9.92. The van der Waals surface area contributed by atoms with Crippen LogP contribution in [0.25, 0.3) is 0 Å². The number of hydrogen-bond acceptors (Lipinski definition) is 3. The van der Waals surface area contributed by atoms with E-state index in [4.69, 9.17) is 0 Å². The minimum absolute atomic E-state index is 0.175. The third kappa shape index (κ3) is 3.05. The number of aryl methyl sites for hydroxylation is 4. The van der Waals surface area contributed by atoms with E-state index in [9.17, 15) is 0 Å². The van der Waals surface area contributed by atoms with Crippen molar-refractivity contribution >= 4 is 0 Å². The molecule has 0 aliphatic heterocycles. The van der Waals surface area contributed by atoms with Gasteiger partial charge in [0, 0.05) is 0 Å². The summed E-state index contributed by atoms with van der Waals surface area (Å²) in [5.74, 6) is 0. The predicted octanol–water partition coefficient (Wildman–Crippen LogP) is 3.41. The highest BCUT2D eigenvalue weighted by Crippen LogP contribution is 2.27. The first-order valence-corrected chi connectivity index (χ1v) is 7.14. The van der Waals surface area contributed by atoms with Gasteiger partial charge in [-0.1, -0.05) is 30.7 Å². The Morgan fingerprint density at radius 2 is 1.75 bits per heavy atom. The molecule has 0 saturated carbocycles. The normalized spacial score (nSPS) is 12.4. The van der Waals surface area contributed by atoms with Crippen LogP contribution >= 0.6 is 0 Å². The topological polar surface area (TPSA) is 37.8 Å². The summed E-state index contributed by atoms with van der Waals surface area (Å²) in [6.45, 7) is 11.4. The van der Waals surface area contributed by atoms with E-state index in [0.29, 0.717) is 0 Å². The Kier molecular flexibility index (Phi) is 4.50. The molecule has 0 aliphatic rings. The third-order valence-electron chi connectivity index (χ3n) is 3.60. The van der Waals surface area contributed by atoms with Gasteiger partial charge >= 0.3 is 0 Å². The van der Waals surface area contributed by atoms with Gasteiger partial charge in [-0.15, -0.1) is 0 Å². The average Bonchev–Trinajstić information content (AvgIpc) is 2.42. The van der Waals surface area contributed by atoms with Gasteiger partial charge in [-0.05, 0) is 57.0 Å². The standard InChI is InChI=1S/C17H23N3/c1-6-18-17(15-9-11(2)7-8-12(15)3)16-10-13(4)19-20-14(16)5/h7-10,17-18H,6H2,1-5H3. The van der Waals surface area contributed by atoms with Crippen molar-refractivity contribution in [3.8, 4) is 0 Å². The van der Waals surface area contributed by atoms with Crippen molar-refractivity contribution in [2.75, 3.05) is 6.54 Å². The van der Waals surface area contributed by atoms with Crippen LogP contribution in [0.3, 0.4) is 0 Å². The summed E-state index contributed by atoms with van der Waals surface area (Å²) in [6.07, 6.45) is 0. The van der Waals surface area contributed by atoms with E-state index in [2.05, 4.69) is 60.6 Å². The highest BCUT2D eigenvalue weighted by Gasteiger charge is 2.18. The highest BCUT2D eigenvalue weighted by atomic mass is 15.1. The molecule has 3 heteroatoms. The predicted molar refractivity (Wildman–Crippen MR) is 82.9 cm³/mol. The summed E-state index contributed by atoms with van der Waals surface area (Å²) < 4.78 is 0. The number of aromatic nitrogens is 2. The van der Waals surface area contributed by atoms with Gasteiger partial charge in [0.1, 0.15) is 0 Å². The maximum atomic E-state index is 4.27. The van der Waals surface area contributed by atoms with E-state index < -0.39 is 0 Å². The van der Waals surface area contributed by atoms with Crippen molar-refractivity contribution in [2.24, 2.45) is 0 Å². The van der Waals surface area contributed by atoms with Gasteiger partial charge in [-0.25, -0.2) is 0 Å². The molecule has 1 aromatic carbocycles. The monoisotopic (exact) mass is 269 g/mol. The summed E-state index contributed by atoms with van der Waals surface area (Å²) in [7, 11) is 0. The van der Waals surface area contributed by atoms with Crippen molar-refractivity contribution in [3.05, 3.63) is 57.9 Å². The lowest BCUT2D eigenvalue weighted by Gasteiger charge is -2.22. The minimum atomic E-state index is 0.175. The lowest BCUT2D eigenvalue weighted by molar-refractivity contribution is 0.617. The number of nitrogens with one attached hydrogen (secondary N) is 1. The molecule has 1 atom stereocenters. The first kappa shape index (κ1) is 14.7. The van der Waals surface area contributed by atoms with E-state index in [1.54, 1.807) is 0 Å².